The fourth-order valence-corrected chi connectivity index (χ4v) is 4.91. The Morgan fingerprint density at radius 3 is 2.68 bits per heavy atom. The zero-order valence-electron chi connectivity index (χ0n) is 12.8. The molecule has 0 amide bonds. The van der Waals surface area contributed by atoms with E-state index >= 15 is 0 Å². The Labute approximate surface area is 136 Å². The number of likely N-dealkylation sites (tertiary alicyclic amines) is 1. The van der Waals surface area contributed by atoms with Gasteiger partial charge in [0.2, 0.25) is 0 Å². The average Bonchev–Trinajstić information content (AvgIpc) is 2.53. The van der Waals surface area contributed by atoms with Crippen molar-refractivity contribution < 1.29 is 0 Å². The van der Waals surface area contributed by atoms with Gasteiger partial charge < -0.3 is 10.6 Å². The molecule has 2 aromatic carbocycles. The van der Waals surface area contributed by atoms with Gasteiger partial charge in [-0.3, -0.25) is 0 Å². The number of thioether (sulfide) groups is 1. The molecule has 2 N–H and O–H groups in total. The topological polar surface area (TPSA) is 29.3 Å². The number of hydrogen-bond acceptors (Lipinski definition) is 3. The molecule has 0 aromatic heterocycles. The molecule has 1 fully saturated rings. The Morgan fingerprint density at radius 1 is 1.09 bits per heavy atom. The molecule has 112 valence electrons. The third-order valence-electron chi connectivity index (χ3n) is 4.58. The molecule has 0 spiro atoms. The molecule has 2 aromatic rings. The predicted octanol–water partition coefficient (Wildman–Crippen LogP) is 3.88. The molecular weight excluding hydrogens is 288 g/mol. The van der Waals surface area contributed by atoms with Crippen molar-refractivity contribution in [2.75, 3.05) is 25.9 Å². The lowest BCUT2D eigenvalue weighted by Gasteiger charge is -2.37. The molecule has 4 rings (SSSR count). The van der Waals surface area contributed by atoms with Gasteiger partial charge in [0.05, 0.1) is 0 Å². The molecule has 0 aliphatic carbocycles. The van der Waals surface area contributed by atoms with Gasteiger partial charge in [0.25, 0.3) is 0 Å². The summed E-state index contributed by atoms with van der Waals surface area (Å²) in [5.41, 5.74) is 12.4. The van der Waals surface area contributed by atoms with E-state index in [1.807, 2.05) is 23.9 Å². The van der Waals surface area contributed by atoms with Crippen LogP contribution in [0.5, 0.6) is 0 Å². The van der Waals surface area contributed by atoms with Crippen molar-refractivity contribution in [3.63, 3.8) is 0 Å². The fourth-order valence-electron chi connectivity index (χ4n) is 3.44. The van der Waals surface area contributed by atoms with Crippen molar-refractivity contribution >= 4 is 23.0 Å². The molecule has 3 heteroatoms. The summed E-state index contributed by atoms with van der Waals surface area (Å²) in [6.07, 6.45) is 1.15. The summed E-state index contributed by atoms with van der Waals surface area (Å²) in [5.74, 6) is 0. The third kappa shape index (κ3) is 2.34. The molecule has 0 radical (unpaired) electrons. The maximum atomic E-state index is 5.87. The maximum Gasteiger partial charge on any atom is 0.0441 e. The summed E-state index contributed by atoms with van der Waals surface area (Å²) in [4.78, 5) is 3.84. The summed E-state index contributed by atoms with van der Waals surface area (Å²) >= 11 is 2.02. The Bertz CT molecular complexity index is 733. The number of benzene rings is 2. The fraction of sp³-hybridized carbons (Fsp3) is 0.263. The van der Waals surface area contributed by atoms with Crippen LogP contribution in [0.1, 0.15) is 17.5 Å². The number of nitrogen functional groups attached to an aromatic ring is 1. The first-order valence-corrected chi connectivity index (χ1v) is 8.64. The molecule has 1 saturated heterocycles. The second kappa shape index (κ2) is 5.49. The van der Waals surface area contributed by atoms with Crippen LogP contribution in [0.4, 0.5) is 5.69 Å². The highest BCUT2D eigenvalue weighted by atomic mass is 32.2. The summed E-state index contributed by atoms with van der Waals surface area (Å²) < 4.78 is 0. The Balaban J connectivity index is 1.91. The smallest absolute Gasteiger partial charge is 0.0441 e. The molecule has 2 aliphatic rings. The highest BCUT2D eigenvalue weighted by Crippen LogP contribution is 2.47. The lowest BCUT2D eigenvalue weighted by Crippen LogP contribution is -2.37. The number of nitrogens with zero attached hydrogens (tertiary/aromatic N) is 1. The van der Waals surface area contributed by atoms with Gasteiger partial charge in [0.15, 0.2) is 0 Å². The van der Waals surface area contributed by atoms with Gasteiger partial charge >= 0.3 is 0 Å². The van der Waals surface area contributed by atoms with Crippen LogP contribution in [-0.4, -0.2) is 30.3 Å². The average molecular weight is 308 g/mol. The van der Waals surface area contributed by atoms with E-state index in [0.29, 0.717) is 5.25 Å². The second-order valence-corrected chi connectivity index (χ2v) is 7.38. The lowest BCUT2D eigenvalue weighted by atomic mass is 9.87. The van der Waals surface area contributed by atoms with E-state index in [1.54, 1.807) is 5.57 Å². The van der Waals surface area contributed by atoms with E-state index in [2.05, 4.69) is 48.3 Å². The molecule has 1 unspecified atom stereocenters. The number of nitrogens with two attached hydrogens (primary N) is 1. The van der Waals surface area contributed by atoms with Crippen LogP contribution in [0.25, 0.3) is 5.57 Å². The normalized spacial score (nSPS) is 21.4. The van der Waals surface area contributed by atoms with Crippen LogP contribution in [0.3, 0.4) is 0 Å². The molecule has 2 aliphatic heterocycles. The third-order valence-corrected chi connectivity index (χ3v) is 5.90. The van der Waals surface area contributed by atoms with Crippen molar-refractivity contribution in [3.8, 4) is 0 Å². The minimum absolute atomic E-state index is 0.571. The second-order valence-electron chi connectivity index (χ2n) is 6.14. The number of fused-ring (bicyclic) bond motifs is 2. The minimum Gasteiger partial charge on any atom is -0.399 e. The molecule has 2 heterocycles. The van der Waals surface area contributed by atoms with E-state index in [-0.39, 0.29) is 0 Å². The first-order valence-electron chi connectivity index (χ1n) is 7.76. The van der Waals surface area contributed by atoms with Gasteiger partial charge in [-0.25, -0.2) is 0 Å². The van der Waals surface area contributed by atoms with E-state index in [0.717, 1.165) is 25.2 Å². The van der Waals surface area contributed by atoms with Gasteiger partial charge in [-0.2, -0.15) is 0 Å². The largest absolute Gasteiger partial charge is 0.399 e. The molecule has 0 saturated carbocycles. The zero-order chi connectivity index (χ0) is 15.1. The number of anilines is 1. The van der Waals surface area contributed by atoms with Crippen molar-refractivity contribution in [2.24, 2.45) is 0 Å². The zero-order valence-corrected chi connectivity index (χ0v) is 13.6. The quantitative estimate of drug-likeness (QED) is 0.811. The predicted molar refractivity (Wildman–Crippen MR) is 95.1 cm³/mol. The molecule has 1 atom stereocenters. The summed E-state index contributed by atoms with van der Waals surface area (Å²) in [6, 6.07) is 17.2. The van der Waals surface area contributed by atoms with Gasteiger partial charge in [-0.15, -0.1) is 11.8 Å². The van der Waals surface area contributed by atoms with Crippen molar-refractivity contribution in [1.82, 2.24) is 4.90 Å². The van der Waals surface area contributed by atoms with Crippen LogP contribution in [0.15, 0.2) is 59.0 Å². The van der Waals surface area contributed by atoms with Crippen LogP contribution in [0, 0.1) is 0 Å². The van der Waals surface area contributed by atoms with Crippen molar-refractivity contribution in [2.45, 2.75) is 16.6 Å². The summed E-state index contributed by atoms with van der Waals surface area (Å²) in [6.45, 7) is 2.28. The Kier molecular flexibility index (Phi) is 3.47. The first-order chi connectivity index (χ1) is 10.7. The van der Waals surface area contributed by atoms with E-state index in [1.165, 1.54) is 21.6 Å². The standard InChI is InChI=1S/C19H20N2S/c1-21-11-10-16-18(12-21)22-17-5-3-2-4-15(17)19(16)13-6-8-14(20)9-7-13/h2-9,18H,10-12,20H2,1H3. The maximum absolute atomic E-state index is 5.87. The molecule has 2 nitrogen and oxygen atoms in total. The van der Waals surface area contributed by atoms with Gasteiger partial charge in [0, 0.05) is 28.9 Å². The van der Waals surface area contributed by atoms with Crippen LogP contribution in [0.2, 0.25) is 0 Å². The van der Waals surface area contributed by atoms with Gasteiger partial charge in [0.1, 0.15) is 0 Å². The van der Waals surface area contributed by atoms with E-state index in [4.69, 9.17) is 5.73 Å². The Morgan fingerprint density at radius 2 is 1.86 bits per heavy atom. The molecule has 22 heavy (non-hydrogen) atoms. The number of hydrogen-bond donors (Lipinski definition) is 1. The highest BCUT2D eigenvalue weighted by molar-refractivity contribution is 8.00. The van der Waals surface area contributed by atoms with Crippen LogP contribution in [-0.2, 0) is 0 Å². The minimum atomic E-state index is 0.571. The van der Waals surface area contributed by atoms with Crippen LogP contribution < -0.4 is 5.73 Å². The van der Waals surface area contributed by atoms with Gasteiger partial charge in [-0.1, -0.05) is 30.3 Å². The van der Waals surface area contributed by atoms with E-state index in [9.17, 15) is 0 Å². The number of rotatable bonds is 1. The monoisotopic (exact) mass is 308 g/mol. The Hall–Kier alpha value is -1.71. The lowest BCUT2D eigenvalue weighted by molar-refractivity contribution is 0.317. The van der Waals surface area contributed by atoms with Crippen molar-refractivity contribution in [3.05, 3.63) is 65.2 Å². The number of piperidine rings is 1. The summed E-state index contributed by atoms with van der Waals surface area (Å²) in [5, 5.41) is 0.571. The SMILES string of the molecule is CN1CCC2=C(c3ccc(N)cc3)c3ccccc3SC2C1. The molecular formula is C19H20N2S. The van der Waals surface area contributed by atoms with E-state index < -0.39 is 0 Å². The molecule has 0 bridgehead atoms. The summed E-state index contributed by atoms with van der Waals surface area (Å²) in [7, 11) is 2.22. The van der Waals surface area contributed by atoms with Gasteiger partial charge in [-0.05, 0) is 53.9 Å². The highest BCUT2D eigenvalue weighted by Gasteiger charge is 2.31. The van der Waals surface area contributed by atoms with Crippen molar-refractivity contribution in [1.29, 1.82) is 0 Å². The first kappa shape index (κ1) is 13.9. The van der Waals surface area contributed by atoms with Crippen LogP contribution >= 0.6 is 11.8 Å².